The van der Waals surface area contributed by atoms with Crippen LogP contribution in [0.2, 0.25) is 5.02 Å². The molecular weight excluding hydrogens is 326 g/mol. The topological polar surface area (TPSA) is 59.4 Å². The zero-order valence-corrected chi connectivity index (χ0v) is 14.0. The second-order valence-electron chi connectivity index (χ2n) is 5.46. The summed E-state index contributed by atoms with van der Waals surface area (Å²) >= 11 is 6.00. The molecule has 0 bridgehead atoms. The average molecular weight is 342 g/mol. The molecule has 4 nitrogen and oxygen atoms in total. The molecule has 0 aliphatic heterocycles. The molecule has 24 heavy (non-hydrogen) atoms. The lowest BCUT2D eigenvalue weighted by atomic mass is 9.91. The van der Waals surface area contributed by atoms with Crippen LogP contribution in [0.25, 0.3) is 22.0 Å². The van der Waals surface area contributed by atoms with Crippen molar-refractivity contribution in [2.75, 3.05) is 7.11 Å². The maximum Gasteiger partial charge on any atom is 0.337 e. The third-order valence-electron chi connectivity index (χ3n) is 3.98. The molecule has 0 radical (unpaired) electrons. The smallest absolute Gasteiger partial charge is 0.337 e. The minimum absolute atomic E-state index is 0.561. The molecule has 1 heterocycles. The monoisotopic (exact) mass is 341 g/mol. The molecule has 1 atom stereocenters. The zero-order chi connectivity index (χ0) is 17.3. The molecule has 1 aromatic heterocycles. The first-order valence-electron chi connectivity index (χ1n) is 7.43. The molecule has 0 aliphatic carbocycles. The van der Waals surface area contributed by atoms with Crippen molar-refractivity contribution in [3.8, 4) is 11.1 Å². The van der Waals surface area contributed by atoms with E-state index in [9.17, 15) is 9.90 Å². The van der Waals surface area contributed by atoms with E-state index in [2.05, 4.69) is 4.98 Å². The van der Waals surface area contributed by atoms with Crippen LogP contribution in [0.1, 0.15) is 17.4 Å². The Morgan fingerprint density at radius 1 is 1.17 bits per heavy atom. The maximum atomic E-state index is 11.7. The van der Waals surface area contributed by atoms with Crippen LogP contribution in [0.15, 0.2) is 48.5 Å². The fraction of sp³-hybridized carbons (Fsp3) is 0.158. The number of halogens is 1. The fourth-order valence-corrected chi connectivity index (χ4v) is 3.07. The quantitative estimate of drug-likeness (QED) is 0.751. The van der Waals surface area contributed by atoms with E-state index in [1.807, 2.05) is 36.4 Å². The summed E-state index contributed by atoms with van der Waals surface area (Å²) in [4.78, 5) is 16.2. The number of carbonyl (C=O) groups is 1. The molecule has 122 valence electrons. The van der Waals surface area contributed by atoms with Gasteiger partial charge in [0.05, 0.1) is 5.52 Å². The van der Waals surface area contributed by atoms with E-state index >= 15 is 0 Å². The highest BCUT2D eigenvalue weighted by atomic mass is 35.5. The number of methoxy groups -OCH3 is 1. The third kappa shape index (κ3) is 2.86. The second-order valence-corrected chi connectivity index (χ2v) is 5.90. The van der Waals surface area contributed by atoms with Crippen molar-refractivity contribution in [2.24, 2.45) is 0 Å². The Balaban J connectivity index is 2.41. The number of aromatic nitrogens is 1. The average Bonchev–Trinajstić information content (AvgIpc) is 2.56. The van der Waals surface area contributed by atoms with Crippen LogP contribution in [0, 0.1) is 6.92 Å². The number of hydrogen-bond donors (Lipinski definition) is 1. The van der Waals surface area contributed by atoms with Gasteiger partial charge in [-0.15, -0.1) is 0 Å². The molecule has 1 unspecified atom stereocenters. The lowest BCUT2D eigenvalue weighted by molar-refractivity contribution is -0.148. The first-order valence-corrected chi connectivity index (χ1v) is 7.81. The van der Waals surface area contributed by atoms with Gasteiger partial charge in [-0.1, -0.05) is 41.9 Å². The molecule has 0 saturated carbocycles. The summed E-state index contributed by atoms with van der Waals surface area (Å²) in [5, 5.41) is 11.1. The van der Waals surface area contributed by atoms with Crippen molar-refractivity contribution in [3.05, 3.63) is 64.8 Å². The number of carboxylic acids is 1. The van der Waals surface area contributed by atoms with Crippen LogP contribution < -0.4 is 0 Å². The summed E-state index contributed by atoms with van der Waals surface area (Å²) in [7, 11) is 1.39. The molecule has 0 spiro atoms. The van der Waals surface area contributed by atoms with Gasteiger partial charge in [-0.05, 0) is 36.2 Å². The highest BCUT2D eigenvalue weighted by Gasteiger charge is 2.27. The van der Waals surface area contributed by atoms with Gasteiger partial charge < -0.3 is 9.84 Å². The summed E-state index contributed by atoms with van der Waals surface area (Å²) in [5.41, 5.74) is 3.69. The van der Waals surface area contributed by atoms with Gasteiger partial charge in [0.1, 0.15) is 0 Å². The van der Waals surface area contributed by atoms with Crippen molar-refractivity contribution in [1.82, 2.24) is 4.98 Å². The normalized spacial score (nSPS) is 12.3. The fourth-order valence-electron chi connectivity index (χ4n) is 2.94. The molecule has 3 aromatic rings. The molecular formula is C19H16ClNO3. The number of fused-ring (bicyclic) bond motifs is 1. The molecule has 0 fully saturated rings. The van der Waals surface area contributed by atoms with Crippen molar-refractivity contribution in [1.29, 1.82) is 0 Å². The molecule has 3 rings (SSSR count). The summed E-state index contributed by atoms with van der Waals surface area (Å²) in [6.07, 6.45) is -1.09. The Hall–Kier alpha value is -2.43. The minimum Gasteiger partial charge on any atom is -0.479 e. The summed E-state index contributed by atoms with van der Waals surface area (Å²) in [6.45, 7) is 1.80. The number of ether oxygens (including phenoxy) is 1. The van der Waals surface area contributed by atoms with Crippen LogP contribution in [-0.4, -0.2) is 23.2 Å². The number of benzene rings is 2. The van der Waals surface area contributed by atoms with E-state index in [-0.39, 0.29) is 0 Å². The Kier molecular flexibility index (Phi) is 4.51. The van der Waals surface area contributed by atoms with Crippen molar-refractivity contribution < 1.29 is 14.6 Å². The first-order chi connectivity index (χ1) is 11.5. The Labute approximate surface area is 144 Å². The number of rotatable bonds is 4. The summed E-state index contributed by atoms with van der Waals surface area (Å²) < 4.78 is 5.25. The minimum atomic E-state index is -1.09. The lowest BCUT2D eigenvalue weighted by Gasteiger charge is -2.20. The summed E-state index contributed by atoms with van der Waals surface area (Å²) in [6, 6.07) is 15.0. The van der Waals surface area contributed by atoms with Gasteiger partial charge in [0.25, 0.3) is 0 Å². The van der Waals surface area contributed by atoms with E-state index < -0.39 is 12.1 Å². The molecule has 5 heteroatoms. The standard InChI is InChI=1S/C19H16ClNO3/c1-11-16(18(24-2)19(22)23)17(12-7-9-13(20)10-8-12)14-5-3-4-6-15(14)21-11/h3-10,18H,1-2H3,(H,22,23). The van der Waals surface area contributed by atoms with Crippen molar-refractivity contribution in [2.45, 2.75) is 13.0 Å². The van der Waals surface area contributed by atoms with Gasteiger partial charge in [-0.25, -0.2) is 4.79 Å². The van der Waals surface area contributed by atoms with Crippen LogP contribution in [0.5, 0.6) is 0 Å². The number of carboxylic acid groups (broad SMARTS) is 1. The number of para-hydroxylation sites is 1. The van der Waals surface area contributed by atoms with Crippen molar-refractivity contribution >= 4 is 28.5 Å². The van der Waals surface area contributed by atoms with Gasteiger partial charge in [0.15, 0.2) is 6.10 Å². The number of aryl methyl sites for hydroxylation is 1. The van der Waals surface area contributed by atoms with E-state index in [1.165, 1.54) is 7.11 Å². The third-order valence-corrected chi connectivity index (χ3v) is 4.23. The Bertz CT molecular complexity index is 906. The molecule has 2 aromatic carbocycles. The van der Waals surface area contributed by atoms with Crippen LogP contribution in [0.3, 0.4) is 0 Å². The van der Waals surface area contributed by atoms with Crippen LogP contribution >= 0.6 is 11.6 Å². The Morgan fingerprint density at radius 3 is 2.46 bits per heavy atom. The number of pyridine rings is 1. The highest BCUT2D eigenvalue weighted by Crippen LogP contribution is 2.37. The van der Waals surface area contributed by atoms with Crippen molar-refractivity contribution in [3.63, 3.8) is 0 Å². The number of hydrogen-bond acceptors (Lipinski definition) is 3. The number of nitrogens with zero attached hydrogens (tertiary/aromatic N) is 1. The van der Waals surface area contributed by atoms with Gasteiger partial charge in [0.2, 0.25) is 0 Å². The van der Waals surface area contributed by atoms with Gasteiger partial charge in [-0.3, -0.25) is 4.98 Å². The predicted octanol–water partition coefficient (Wildman–Crippen LogP) is 4.64. The van der Waals surface area contributed by atoms with Crippen LogP contribution in [-0.2, 0) is 9.53 Å². The highest BCUT2D eigenvalue weighted by molar-refractivity contribution is 6.30. The molecule has 0 saturated heterocycles. The Morgan fingerprint density at radius 2 is 1.83 bits per heavy atom. The number of aliphatic carboxylic acids is 1. The molecule has 1 N–H and O–H groups in total. The predicted molar refractivity (Wildman–Crippen MR) is 94.3 cm³/mol. The van der Waals surface area contributed by atoms with E-state index in [0.29, 0.717) is 16.3 Å². The van der Waals surface area contributed by atoms with Gasteiger partial charge >= 0.3 is 5.97 Å². The summed E-state index contributed by atoms with van der Waals surface area (Å²) in [5.74, 6) is -1.05. The van der Waals surface area contributed by atoms with Gasteiger partial charge in [0, 0.05) is 28.8 Å². The van der Waals surface area contributed by atoms with E-state index in [1.54, 1.807) is 19.1 Å². The molecule has 0 amide bonds. The first kappa shape index (κ1) is 16.4. The van der Waals surface area contributed by atoms with Gasteiger partial charge in [-0.2, -0.15) is 0 Å². The zero-order valence-electron chi connectivity index (χ0n) is 13.3. The van der Waals surface area contributed by atoms with E-state index in [0.717, 1.165) is 22.0 Å². The van der Waals surface area contributed by atoms with E-state index in [4.69, 9.17) is 16.3 Å². The second kappa shape index (κ2) is 6.59. The largest absolute Gasteiger partial charge is 0.479 e. The lowest BCUT2D eigenvalue weighted by Crippen LogP contribution is -2.17. The SMILES string of the molecule is COC(C(=O)O)c1c(C)nc2ccccc2c1-c1ccc(Cl)cc1. The molecule has 0 aliphatic rings. The maximum absolute atomic E-state index is 11.7. The van der Waals surface area contributed by atoms with Crippen LogP contribution in [0.4, 0.5) is 0 Å².